The Morgan fingerprint density at radius 1 is 0.292 bits per heavy atom. The third-order valence-electron chi connectivity index (χ3n) is 12.8. The van der Waals surface area contributed by atoms with Gasteiger partial charge in [0.1, 0.15) is 13.2 Å². The van der Waals surface area contributed by atoms with Crippen LogP contribution in [0.3, 0.4) is 0 Å². The number of rotatable bonds is 54. The Bertz CT molecular complexity index is 1430. The Labute approximate surface area is 445 Å². The lowest BCUT2D eigenvalue weighted by Gasteiger charge is -2.18. The first-order valence-electron chi connectivity index (χ1n) is 30.2. The maximum absolute atomic E-state index is 12.9. The number of unbranched alkanes of at least 4 members (excludes halogenated alkanes) is 27. The van der Waals surface area contributed by atoms with E-state index in [-0.39, 0.29) is 31.1 Å². The van der Waals surface area contributed by atoms with Gasteiger partial charge >= 0.3 is 17.9 Å². The average Bonchev–Trinajstić information content (AvgIpc) is 3.38. The molecule has 0 heterocycles. The predicted molar refractivity (Wildman–Crippen MR) is 311 cm³/mol. The first kappa shape index (κ1) is 68.3. The number of hydrogen-bond acceptors (Lipinski definition) is 6. The van der Waals surface area contributed by atoms with Crippen molar-refractivity contribution in [1.29, 1.82) is 0 Å². The molecule has 0 aliphatic heterocycles. The number of ether oxygens (including phenoxy) is 3. The van der Waals surface area contributed by atoms with E-state index in [0.717, 1.165) is 122 Å². The van der Waals surface area contributed by atoms with Gasteiger partial charge in [-0.3, -0.25) is 14.4 Å². The molecule has 6 heteroatoms. The van der Waals surface area contributed by atoms with Gasteiger partial charge in [-0.05, 0) is 103 Å². The van der Waals surface area contributed by atoms with Crippen LogP contribution >= 0.6 is 0 Å². The largest absolute Gasteiger partial charge is 0.462 e. The molecule has 72 heavy (non-hydrogen) atoms. The summed E-state index contributed by atoms with van der Waals surface area (Å²) in [6, 6.07) is 0. The molecule has 0 aromatic carbocycles. The molecule has 0 saturated heterocycles. The van der Waals surface area contributed by atoms with Crippen LogP contribution in [-0.4, -0.2) is 37.2 Å². The van der Waals surface area contributed by atoms with E-state index in [0.29, 0.717) is 19.3 Å². The third kappa shape index (κ3) is 57.2. The Hall–Kier alpha value is -3.67. The van der Waals surface area contributed by atoms with Gasteiger partial charge in [-0.15, -0.1) is 0 Å². The fraction of sp³-hybridized carbons (Fsp3) is 0.712. The summed E-state index contributed by atoms with van der Waals surface area (Å²) in [5.74, 6) is -0.914. The molecular formula is C66H112O6. The molecular weight excluding hydrogens is 889 g/mol. The fourth-order valence-electron chi connectivity index (χ4n) is 8.30. The van der Waals surface area contributed by atoms with Gasteiger partial charge in [0.05, 0.1) is 0 Å². The van der Waals surface area contributed by atoms with Crippen molar-refractivity contribution in [2.24, 2.45) is 0 Å². The smallest absolute Gasteiger partial charge is 0.306 e. The number of allylic oxidation sites excluding steroid dienone is 16. The maximum atomic E-state index is 12.9. The topological polar surface area (TPSA) is 78.9 Å². The van der Waals surface area contributed by atoms with E-state index in [9.17, 15) is 14.4 Å². The summed E-state index contributed by atoms with van der Waals surface area (Å²) in [6.07, 6.45) is 79.7. The van der Waals surface area contributed by atoms with Crippen LogP contribution in [0.4, 0.5) is 0 Å². The van der Waals surface area contributed by atoms with E-state index in [1.165, 1.54) is 122 Å². The van der Waals surface area contributed by atoms with Crippen LogP contribution in [0.2, 0.25) is 0 Å². The van der Waals surface area contributed by atoms with Crippen LogP contribution < -0.4 is 0 Å². The lowest BCUT2D eigenvalue weighted by atomic mass is 10.0. The standard InChI is InChI=1S/C66H112O6/c1-4-7-10-13-16-19-22-25-27-29-31-32-33-34-35-37-38-41-44-47-50-53-56-59-65(68)71-62-63(61-70-64(67)58-55-52-49-46-43-40-24-21-18-15-12-9-6-3)72-66(69)60-57-54-51-48-45-42-39-36-30-28-26-23-20-17-14-11-8-5-2/h7,10,16,19-20,23,25,27-28,30-32,34-35,38,41,63H,4-6,8-9,11-15,17-18,21-22,24,26,29,33,36-37,39-40,42-62H2,1-3H3/b10-7-,19-16-,23-20-,27-25-,30-28-,32-31-,35-34-,41-38-. The van der Waals surface area contributed by atoms with Crippen LogP contribution in [0.15, 0.2) is 97.2 Å². The number of carbonyl (C=O) groups is 3. The van der Waals surface area contributed by atoms with Gasteiger partial charge in [-0.25, -0.2) is 0 Å². The lowest BCUT2D eigenvalue weighted by molar-refractivity contribution is -0.167. The second kappa shape index (κ2) is 59.9. The molecule has 0 rings (SSSR count). The first-order chi connectivity index (χ1) is 35.5. The van der Waals surface area contributed by atoms with Crippen molar-refractivity contribution < 1.29 is 28.6 Å². The summed E-state index contributed by atoms with van der Waals surface area (Å²) < 4.78 is 16.9. The van der Waals surface area contributed by atoms with Crippen molar-refractivity contribution in [3.63, 3.8) is 0 Å². The van der Waals surface area contributed by atoms with Gasteiger partial charge in [-0.1, -0.05) is 259 Å². The third-order valence-corrected chi connectivity index (χ3v) is 12.8. The molecule has 0 aromatic heterocycles. The first-order valence-corrected chi connectivity index (χ1v) is 30.2. The minimum absolute atomic E-state index is 0.0874. The molecule has 0 aliphatic carbocycles. The normalized spacial score (nSPS) is 12.8. The molecule has 0 amide bonds. The SMILES string of the molecule is CC/C=C\C/C=C\C/C=C\C/C=C\C/C=C\C/C=C\CCCCCCC(=O)OCC(COC(=O)CCCCCCCCCCCCCCC)OC(=O)CCCCCCCCC/C=C\C/C=C\CCCCCC. The van der Waals surface area contributed by atoms with E-state index in [2.05, 4.69) is 118 Å². The molecule has 0 radical (unpaired) electrons. The van der Waals surface area contributed by atoms with Crippen molar-refractivity contribution in [3.05, 3.63) is 97.2 Å². The van der Waals surface area contributed by atoms with Crippen molar-refractivity contribution in [2.45, 2.75) is 290 Å². The van der Waals surface area contributed by atoms with Crippen molar-refractivity contribution in [1.82, 2.24) is 0 Å². The monoisotopic (exact) mass is 1000 g/mol. The van der Waals surface area contributed by atoms with Crippen LogP contribution in [0.25, 0.3) is 0 Å². The highest BCUT2D eigenvalue weighted by Gasteiger charge is 2.19. The van der Waals surface area contributed by atoms with Crippen LogP contribution in [-0.2, 0) is 28.6 Å². The van der Waals surface area contributed by atoms with Crippen molar-refractivity contribution in [3.8, 4) is 0 Å². The summed E-state index contributed by atoms with van der Waals surface area (Å²) in [6.45, 7) is 6.50. The van der Waals surface area contributed by atoms with Gasteiger partial charge in [0.25, 0.3) is 0 Å². The van der Waals surface area contributed by atoms with E-state index >= 15 is 0 Å². The summed E-state index contributed by atoms with van der Waals surface area (Å²) in [5, 5.41) is 0. The number of hydrogen-bond donors (Lipinski definition) is 0. The zero-order valence-electron chi connectivity index (χ0n) is 47.2. The zero-order valence-corrected chi connectivity index (χ0v) is 47.2. The summed E-state index contributed by atoms with van der Waals surface area (Å²) in [7, 11) is 0. The highest BCUT2D eigenvalue weighted by Crippen LogP contribution is 2.15. The van der Waals surface area contributed by atoms with Crippen LogP contribution in [0.1, 0.15) is 284 Å². The van der Waals surface area contributed by atoms with E-state index in [1.54, 1.807) is 0 Å². The zero-order chi connectivity index (χ0) is 52.2. The van der Waals surface area contributed by atoms with Crippen molar-refractivity contribution in [2.75, 3.05) is 13.2 Å². The Balaban J connectivity index is 4.42. The fourth-order valence-corrected chi connectivity index (χ4v) is 8.30. The van der Waals surface area contributed by atoms with Gasteiger partial charge in [0, 0.05) is 19.3 Å². The minimum Gasteiger partial charge on any atom is -0.462 e. The van der Waals surface area contributed by atoms with Gasteiger partial charge in [-0.2, -0.15) is 0 Å². The molecule has 0 aromatic rings. The summed E-state index contributed by atoms with van der Waals surface area (Å²) >= 11 is 0. The molecule has 0 N–H and O–H groups in total. The van der Waals surface area contributed by atoms with Gasteiger partial charge in [0.15, 0.2) is 6.10 Å². The second-order valence-electron chi connectivity index (χ2n) is 19.9. The molecule has 0 fully saturated rings. The second-order valence-corrected chi connectivity index (χ2v) is 19.9. The molecule has 0 spiro atoms. The summed E-state index contributed by atoms with van der Waals surface area (Å²) in [4.78, 5) is 38.2. The molecule has 0 aliphatic rings. The maximum Gasteiger partial charge on any atom is 0.306 e. The quantitative estimate of drug-likeness (QED) is 0.0261. The van der Waals surface area contributed by atoms with Crippen molar-refractivity contribution >= 4 is 17.9 Å². The number of carbonyl (C=O) groups excluding carboxylic acids is 3. The molecule has 6 nitrogen and oxygen atoms in total. The number of esters is 3. The van der Waals surface area contributed by atoms with Gasteiger partial charge in [0.2, 0.25) is 0 Å². The summed E-state index contributed by atoms with van der Waals surface area (Å²) in [5.41, 5.74) is 0. The molecule has 1 unspecified atom stereocenters. The Morgan fingerprint density at radius 3 is 0.861 bits per heavy atom. The molecule has 0 saturated carbocycles. The Kier molecular flexibility index (Phi) is 56.8. The van der Waals surface area contributed by atoms with E-state index in [4.69, 9.17) is 14.2 Å². The van der Waals surface area contributed by atoms with E-state index in [1.807, 2.05) is 0 Å². The highest BCUT2D eigenvalue weighted by molar-refractivity contribution is 5.71. The highest BCUT2D eigenvalue weighted by atomic mass is 16.6. The van der Waals surface area contributed by atoms with Crippen LogP contribution in [0.5, 0.6) is 0 Å². The van der Waals surface area contributed by atoms with Gasteiger partial charge < -0.3 is 14.2 Å². The minimum atomic E-state index is -0.793. The molecule has 1 atom stereocenters. The molecule has 0 bridgehead atoms. The van der Waals surface area contributed by atoms with Crippen LogP contribution in [0, 0.1) is 0 Å². The average molecular weight is 1000 g/mol. The predicted octanol–water partition coefficient (Wildman–Crippen LogP) is 20.5. The molecule has 412 valence electrons. The Morgan fingerprint density at radius 2 is 0.542 bits per heavy atom. The lowest BCUT2D eigenvalue weighted by Crippen LogP contribution is -2.30. The van der Waals surface area contributed by atoms with E-state index < -0.39 is 6.10 Å².